The van der Waals surface area contributed by atoms with Crippen molar-refractivity contribution in [2.45, 2.75) is 74.8 Å². The van der Waals surface area contributed by atoms with Gasteiger partial charge in [-0.3, -0.25) is 28.8 Å². The molecule has 6 atom stereocenters. The molecule has 0 spiro atoms. The highest BCUT2D eigenvalue weighted by atomic mass is 16.6. The van der Waals surface area contributed by atoms with Gasteiger partial charge in [0.05, 0.1) is 76.0 Å². The van der Waals surface area contributed by atoms with E-state index in [-0.39, 0.29) is 140 Å². The fourth-order valence-corrected chi connectivity index (χ4v) is 14.8. The normalized spacial score (nSPS) is 17.0. The van der Waals surface area contributed by atoms with E-state index >= 15 is 0 Å². The maximum atomic E-state index is 13.9. The first-order chi connectivity index (χ1) is 69.4. The van der Waals surface area contributed by atoms with Crippen LogP contribution in [-0.2, 0) is 95.7 Å². The van der Waals surface area contributed by atoms with Crippen molar-refractivity contribution < 1.29 is 143 Å². The Morgan fingerprint density at radius 3 is 0.431 bits per heavy atom. The highest BCUT2D eigenvalue weighted by Crippen LogP contribution is 2.27. The van der Waals surface area contributed by atoms with Crippen molar-refractivity contribution in [2.24, 2.45) is 0 Å². The third-order valence-corrected chi connectivity index (χ3v) is 22.4. The summed E-state index contributed by atoms with van der Waals surface area (Å²) in [6.45, 7) is 0. The van der Waals surface area contributed by atoms with Gasteiger partial charge in [0.15, 0.2) is 0 Å². The predicted octanol–water partition coefficient (Wildman–Crippen LogP) is 10.4. The number of hydrogen-bond acceptors (Lipinski definition) is 30. The number of esters is 12. The van der Waals surface area contributed by atoms with Gasteiger partial charge in [0, 0.05) is 71.9 Å². The second-order valence-corrected chi connectivity index (χ2v) is 32.2. The average molecular weight is 1950 g/mol. The molecule has 0 saturated carbocycles. The fraction of sp³-hybridized carbons (Fsp3) is 0.167. The van der Waals surface area contributed by atoms with Gasteiger partial charge < -0.3 is 88.7 Å². The number of benzene rings is 12. The summed E-state index contributed by atoms with van der Waals surface area (Å²) < 4.78 is 64.0. The number of ether oxygens (including phenoxy) is 12. The minimum Gasteiger partial charge on any atom is -0.467 e. The van der Waals surface area contributed by atoms with Gasteiger partial charge in [-0.15, -0.1) is 0 Å². The molecule has 10 aliphatic rings. The largest absolute Gasteiger partial charge is 0.467 e. The standard InChI is InChI=1S/C108H90N6O30/c1-133-103(127)85-49-61-25-37-79(38-26-61)139-97(121)73-19-10-20-74(58-73)98(122)140-81-41-29-63(30-42-81)51-87(105(129)135-3)111-93(117)69-15-8-16-70(56-69)94(118)112-89(107(131)137-5)53-65-33-45-83(46-34-65)143-101(125)77-23-12-24-78(60-77)102(126)144-84-47-35-66(36-48-84)54-90(108(132)138-6)114-96(120)72-18-9-17-71(57-72)95(119)113-88(106(130)136-4)52-64-31-43-82(44-32-64)142-100(124)76-22-11-21-75(59-76)99(123)141-80-39-27-62(28-40-80)50-86(104(128)134-2)110-92(116)68-14-7-13-67(55-68)91(115)109-85/h7-48,55-60,85-90H,49-54H2,1-6H3,(H,109,115)(H,110,116)(H,111,117)(H,112,118)(H,113,119)(H,114,120)/t85-,86-,87-,88-,89-,90-/m0/s1. The quantitative estimate of drug-likeness (QED) is 0.0511. The first kappa shape index (κ1) is 103. The Hall–Kier alpha value is -18.9. The summed E-state index contributed by atoms with van der Waals surface area (Å²) in [5.74, 6) is -14.6. The van der Waals surface area contributed by atoms with E-state index in [9.17, 15) is 86.3 Å². The summed E-state index contributed by atoms with van der Waals surface area (Å²) in [5, 5.41) is 15.8. The van der Waals surface area contributed by atoms with E-state index in [1.54, 1.807) is 0 Å². The van der Waals surface area contributed by atoms with Crippen molar-refractivity contribution in [3.63, 3.8) is 0 Å². The minimum atomic E-state index is -1.29. The number of carbonyl (C=O) groups excluding carboxylic acids is 18. The van der Waals surface area contributed by atoms with Crippen molar-refractivity contribution in [1.82, 2.24) is 31.9 Å². The predicted molar refractivity (Wildman–Crippen MR) is 509 cm³/mol. The topological polar surface area (TPSA) is 490 Å². The molecule has 0 aliphatic carbocycles. The monoisotopic (exact) mass is 1950 g/mol. The molecule has 22 rings (SSSR count). The first-order valence-corrected chi connectivity index (χ1v) is 44.2. The summed E-state index contributed by atoms with van der Waals surface area (Å²) in [5.41, 5.74) is 2.24. The number of carbonyl (C=O) groups is 18. The second-order valence-electron chi connectivity index (χ2n) is 32.2. The second kappa shape index (κ2) is 48.4. The first-order valence-electron chi connectivity index (χ1n) is 44.2. The van der Waals surface area contributed by atoms with Crippen LogP contribution in [0.25, 0.3) is 0 Å². The third kappa shape index (κ3) is 27.8. The molecule has 6 amide bonds. The molecule has 0 fully saturated rings. The number of methoxy groups -OCH3 is 6. The molecule has 36 heteroatoms. The van der Waals surface area contributed by atoms with Crippen LogP contribution in [0, 0.1) is 0 Å². The average Bonchev–Trinajstić information content (AvgIpc) is 0.848. The third-order valence-electron chi connectivity index (χ3n) is 22.4. The van der Waals surface area contributed by atoms with E-state index < -0.39 is 143 Å². The van der Waals surface area contributed by atoms with Gasteiger partial charge in [0.25, 0.3) is 35.4 Å². The zero-order valence-electron chi connectivity index (χ0n) is 77.7. The number of rotatable bonds is 6. The molecule has 0 aromatic heterocycles. The van der Waals surface area contributed by atoms with Gasteiger partial charge in [-0.2, -0.15) is 0 Å². The molecule has 0 saturated heterocycles. The molecular formula is C108H90N6O30. The molecule has 24 bridgehead atoms. The molecule has 0 unspecified atom stereocenters. The van der Waals surface area contributed by atoms with Crippen LogP contribution < -0.4 is 60.3 Å². The Bertz CT molecular complexity index is 5870. The van der Waals surface area contributed by atoms with Crippen LogP contribution in [0.15, 0.2) is 291 Å². The Balaban J connectivity index is 0.681. The van der Waals surface area contributed by atoms with E-state index in [1.807, 2.05) is 0 Å². The SMILES string of the molecule is COC(=O)[C@@H]1Cc2ccc(cc2)OC(=O)c2cccc(c2)C(=O)Oc2ccc(cc2)C[C@@H](C(=O)OC)NC(=O)c2cccc(c2)C(=O)N[C@H](C(=O)OC)Cc2ccc(cc2)OC(=O)c2cccc(c2)C(=O)Oc2ccc(cc2)C[C@@H](C(=O)OC)NC(=O)c2cccc(c2)C(=O)N[C@H](C(=O)OC)Cc2ccc(cc2)OC(=O)c2cccc(c2)C(=O)Oc2ccc(cc2)C[C@@H](C(=O)OC)NC(=O)c2cccc(c2)C(=O)N1. The highest BCUT2D eigenvalue weighted by molar-refractivity contribution is 6.06. The van der Waals surface area contributed by atoms with Crippen molar-refractivity contribution in [3.8, 4) is 34.5 Å². The molecule has 732 valence electrons. The minimum absolute atomic E-state index is 0.0420. The molecule has 144 heavy (non-hydrogen) atoms. The lowest BCUT2D eigenvalue weighted by Crippen LogP contribution is -2.44. The van der Waals surface area contributed by atoms with Crippen LogP contribution >= 0.6 is 0 Å². The maximum Gasteiger partial charge on any atom is 0.343 e. The van der Waals surface area contributed by atoms with Gasteiger partial charge in [-0.25, -0.2) is 57.5 Å². The van der Waals surface area contributed by atoms with Crippen molar-refractivity contribution in [1.29, 1.82) is 0 Å². The summed E-state index contributed by atoms with van der Waals surface area (Å²) in [7, 11) is 6.73. The Morgan fingerprint density at radius 1 is 0.188 bits per heavy atom. The summed E-state index contributed by atoms with van der Waals surface area (Å²) in [6, 6.07) is 60.6. The Labute approximate surface area is 821 Å². The van der Waals surface area contributed by atoms with Crippen LogP contribution in [0.3, 0.4) is 0 Å². The van der Waals surface area contributed by atoms with Crippen molar-refractivity contribution in [3.05, 3.63) is 391 Å². The molecule has 0 radical (unpaired) electrons. The lowest BCUT2D eigenvalue weighted by molar-refractivity contribution is -0.143. The zero-order chi connectivity index (χ0) is 103. The molecule has 12 aromatic carbocycles. The van der Waals surface area contributed by atoms with Crippen molar-refractivity contribution in [2.75, 3.05) is 42.7 Å². The van der Waals surface area contributed by atoms with E-state index in [4.69, 9.17) is 56.8 Å². The zero-order valence-corrected chi connectivity index (χ0v) is 77.7. The smallest absolute Gasteiger partial charge is 0.343 e. The molecule has 6 N–H and O–H groups in total. The van der Waals surface area contributed by atoms with E-state index in [2.05, 4.69) is 31.9 Å². The van der Waals surface area contributed by atoms with Gasteiger partial charge >= 0.3 is 71.6 Å². The molecule has 12 aromatic rings. The van der Waals surface area contributed by atoms with Crippen LogP contribution in [0.4, 0.5) is 0 Å². The summed E-state index contributed by atoms with van der Waals surface area (Å²) in [6.07, 6.45) is -0.781. The van der Waals surface area contributed by atoms with E-state index in [0.717, 1.165) is 42.7 Å². The number of hydrogen-bond donors (Lipinski definition) is 6. The van der Waals surface area contributed by atoms with Crippen LogP contribution in [-0.4, -0.2) is 186 Å². The van der Waals surface area contributed by atoms with Gasteiger partial charge in [-0.1, -0.05) is 109 Å². The molecule has 36 nitrogen and oxygen atoms in total. The molecule has 10 aliphatic heterocycles. The number of nitrogens with one attached hydrogen (secondary N) is 6. The fourth-order valence-electron chi connectivity index (χ4n) is 14.8. The molecule has 10 heterocycles. The summed E-state index contributed by atoms with van der Waals surface area (Å²) in [4.78, 5) is 244. The van der Waals surface area contributed by atoms with E-state index in [0.29, 0.717) is 33.4 Å². The van der Waals surface area contributed by atoms with E-state index in [1.165, 1.54) is 291 Å². The lowest BCUT2D eigenvalue weighted by Gasteiger charge is -2.18. The lowest BCUT2D eigenvalue weighted by atomic mass is 10.0. The number of amides is 6. The van der Waals surface area contributed by atoms with Crippen LogP contribution in [0.1, 0.15) is 158 Å². The van der Waals surface area contributed by atoms with Crippen LogP contribution in [0.2, 0.25) is 0 Å². The van der Waals surface area contributed by atoms with Gasteiger partial charge in [0.2, 0.25) is 0 Å². The van der Waals surface area contributed by atoms with Crippen molar-refractivity contribution >= 4 is 107 Å². The maximum absolute atomic E-state index is 13.9. The summed E-state index contributed by atoms with van der Waals surface area (Å²) >= 11 is 0. The van der Waals surface area contributed by atoms with Crippen LogP contribution in [0.5, 0.6) is 34.5 Å². The van der Waals surface area contributed by atoms with Gasteiger partial charge in [0.1, 0.15) is 70.7 Å². The van der Waals surface area contributed by atoms with Gasteiger partial charge in [-0.05, 0) is 215 Å². The Morgan fingerprint density at radius 2 is 0.306 bits per heavy atom. The Kier molecular flexibility index (Phi) is 34.5. The highest BCUT2D eigenvalue weighted by Gasteiger charge is 2.33. The molecular weight excluding hydrogens is 1860 g/mol.